The van der Waals surface area contributed by atoms with Crippen molar-refractivity contribution in [2.24, 2.45) is 21.6 Å². The van der Waals surface area contributed by atoms with E-state index in [0.29, 0.717) is 11.6 Å². The van der Waals surface area contributed by atoms with Gasteiger partial charge in [0.15, 0.2) is 17.3 Å². The van der Waals surface area contributed by atoms with Crippen LogP contribution in [0, 0.1) is 10.8 Å². The molecule has 0 radical (unpaired) electrons. The number of alkyl halides is 5. The van der Waals surface area contributed by atoms with Crippen LogP contribution < -0.4 is 5.73 Å². The molecule has 54 heavy (non-hydrogen) atoms. The van der Waals surface area contributed by atoms with E-state index in [-0.39, 0.29) is 41.5 Å². The van der Waals surface area contributed by atoms with E-state index in [2.05, 4.69) is 10.1 Å². The molecule has 2 atom stereocenters. The highest BCUT2D eigenvalue weighted by molar-refractivity contribution is 6.32. The van der Waals surface area contributed by atoms with Gasteiger partial charge in [-0.25, -0.2) is 23.4 Å². The van der Waals surface area contributed by atoms with Crippen LogP contribution in [0.1, 0.15) is 94.8 Å². The lowest BCUT2D eigenvalue weighted by atomic mass is 9.75. The molecule has 0 spiro atoms. The van der Waals surface area contributed by atoms with Crippen LogP contribution in [-0.4, -0.2) is 60.1 Å². The van der Waals surface area contributed by atoms with Gasteiger partial charge in [0, 0.05) is 11.8 Å². The molecule has 0 bridgehead atoms. The highest BCUT2D eigenvalue weighted by Crippen LogP contribution is 2.60. The van der Waals surface area contributed by atoms with Crippen LogP contribution >= 0.6 is 11.6 Å². The van der Waals surface area contributed by atoms with Gasteiger partial charge in [0.2, 0.25) is 0 Å². The molecule has 3 aliphatic rings. The predicted molar refractivity (Wildman–Crippen MR) is 188 cm³/mol. The van der Waals surface area contributed by atoms with E-state index in [1.165, 1.54) is 18.2 Å². The second-order valence-electron chi connectivity index (χ2n) is 15.4. The molecule has 1 aliphatic heterocycles. The zero-order valence-corrected chi connectivity index (χ0v) is 30.4. The number of aromatic nitrogens is 5. The van der Waals surface area contributed by atoms with Crippen molar-refractivity contribution in [2.45, 2.75) is 89.5 Å². The molecule has 2 aromatic heterocycles. The van der Waals surface area contributed by atoms with Crippen molar-refractivity contribution in [3.05, 3.63) is 83.0 Å². The molecule has 2 N–H and O–H groups in total. The van der Waals surface area contributed by atoms with E-state index < -0.39 is 65.7 Å². The fourth-order valence-electron chi connectivity index (χ4n) is 7.04. The molecule has 4 aromatic rings. The Bertz CT molecular complexity index is 2100. The highest BCUT2D eigenvalue weighted by Gasteiger charge is 2.64. The first kappa shape index (κ1) is 37.5. The topological polar surface area (TPSA) is 134 Å². The van der Waals surface area contributed by atoms with E-state index in [1.807, 2.05) is 49.8 Å². The van der Waals surface area contributed by atoms with E-state index in [1.54, 1.807) is 12.1 Å². The van der Waals surface area contributed by atoms with E-state index >= 15 is 0 Å². The van der Waals surface area contributed by atoms with Crippen molar-refractivity contribution in [2.75, 3.05) is 6.61 Å². The van der Waals surface area contributed by atoms with Crippen LogP contribution in [0.2, 0.25) is 5.02 Å². The fraction of sp³-hybridized carbons (Fsp3) is 0.459. The number of aliphatic imine (C=N–C) groups is 1. The van der Waals surface area contributed by atoms with Gasteiger partial charge < -0.3 is 10.5 Å². The van der Waals surface area contributed by atoms with Gasteiger partial charge in [-0.15, -0.1) is 0 Å². The molecule has 1 amide bonds. The van der Waals surface area contributed by atoms with Gasteiger partial charge in [-0.2, -0.15) is 23.4 Å². The molecule has 7 rings (SSSR count). The Morgan fingerprint density at radius 2 is 1.78 bits per heavy atom. The molecule has 11 nitrogen and oxygen atoms in total. The number of carbonyl (C=O) groups is 2. The normalized spacial score (nSPS) is 20.4. The summed E-state index contributed by atoms with van der Waals surface area (Å²) in [5.41, 5.74) is 4.67. The third kappa shape index (κ3) is 7.07. The number of guanidine groups is 1. The number of nitrogens with two attached hydrogens (primary N) is 1. The van der Waals surface area contributed by atoms with Crippen LogP contribution in [0.15, 0.2) is 66.0 Å². The lowest BCUT2D eigenvalue weighted by molar-refractivity contribution is -0.195. The van der Waals surface area contributed by atoms with Gasteiger partial charge >= 0.3 is 12.1 Å². The minimum absolute atomic E-state index is 0.00117. The monoisotopic (exact) mass is 772 g/mol. The van der Waals surface area contributed by atoms with Crippen LogP contribution in [-0.2, 0) is 19.9 Å². The maximum Gasteiger partial charge on any atom is 0.395 e. The SMILES string of the molecule is CC(C)(C)C[C@]1(c2ccc(-c3ccn(C4CC4)n3)cc2)N=C(N)N([C@H](COC(=O)CC2(C(F)(F)F)CC2)c2ccc(Cl)c(-n3ncnc3C(F)F)c2)C1=O. The molecule has 2 aliphatic carbocycles. The summed E-state index contributed by atoms with van der Waals surface area (Å²) < 4.78 is 77.2. The van der Waals surface area contributed by atoms with Gasteiger partial charge in [0.1, 0.15) is 12.9 Å². The Labute approximate surface area is 312 Å². The predicted octanol–water partition coefficient (Wildman–Crippen LogP) is 7.86. The Morgan fingerprint density at radius 1 is 1.07 bits per heavy atom. The Balaban J connectivity index is 1.26. The number of carbonyl (C=O) groups excluding carboxylic acids is 2. The second kappa shape index (κ2) is 13.5. The third-order valence-electron chi connectivity index (χ3n) is 10.1. The average molecular weight is 773 g/mol. The van der Waals surface area contributed by atoms with E-state index in [0.717, 1.165) is 40.0 Å². The largest absolute Gasteiger partial charge is 0.463 e. The number of ether oxygens (including phenoxy) is 1. The molecular formula is C37H38ClF5N8O3. The maximum absolute atomic E-state index is 15.0. The summed E-state index contributed by atoms with van der Waals surface area (Å²) in [6, 6.07) is 12.5. The number of halogens is 6. The van der Waals surface area contributed by atoms with Gasteiger partial charge in [-0.1, -0.05) is 62.7 Å². The number of benzene rings is 2. The number of rotatable bonds is 12. The van der Waals surface area contributed by atoms with Crippen molar-refractivity contribution < 1.29 is 36.3 Å². The first-order valence-electron chi connectivity index (χ1n) is 17.5. The Kier molecular flexibility index (Phi) is 9.34. The first-order chi connectivity index (χ1) is 25.4. The molecule has 286 valence electrons. The minimum atomic E-state index is -4.60. The molecule has 17 heteroatoms. The van der Waals surface area contributed by atoms with Crippen molar-refractivity contribution in [3.8, 4) is 16.9 Å². The van der Waals surface area contributed by atoms with Crippen molar-refractivity contribution in [3.63, 3.8) is 0 Å². The summed E-state index contributed by atoms with van der Waals surface area (Å²) in [5, 5.41) is 8.59. The summed E-state index contributed by atoms with van der Waals surface area (Å²) in [5.74, 6) is -2.65. The van der Waals surface area contributed by atoms with Crippen molar-refractivity contribution in [1.29, 1.82) is 0 Å². The number of esters is 1. The van der Waals surface area contributed by atoms with Crippen LogP contribution in [0.5, 0.6) is 0 Å². The van der Waals surface area contributed by atoms with Gasteiger partial charge in [-0.05, 0) is 66.8 Å². The molecular weight excluding hydrogens is 735 g/mol. The van der Waals surface area contributed by atoms with Crippen molar-refractivity contribution >= 4 is 29.4 Å². The molecule has 0 unspecified atom stereocenters. The standard InChI is InChI=1S/C37H38ClF5N8O3/c1-34(2,3)19-36(23-7-4-21(5-8-23)26-12-15-49(48-26)24-9-10-24)32(53)50(33(44)47-36)28(18-54-29(52)17-35(13-14-35)37(41,42)43)22-6-11-25(38)27(16-22)51-31(30(39)40)45-20-46-51/h4-8,11-12,15-16,20,24,28,30H,9-10,13-14,17-19H2,1-3H3,(H2,44,47)/t28-,36-/m1/s1. The first-order valence-corrected chi connectivity index (χ1v) is 17.8. The Morgan fingerprint density at radius 3 is 2.39 bits per heavy atom. The summed E-state index contributed by atoms with van der Waals surface area (Å²) in [7, 11) is 0. The number of amides is 1. The average Bonchev–Trinajstić information content (AvgIpc) is 3.97. The summed E-state index contributed by atoms with van der Waals surface area (Å²) in [4.78, 5) is 37.5. The van der Waals surface area contributed by atoms with Crippen LogP contribution in [0.25, 0.3) is 16.9 Å². The molecule has 2 saturated carbocycles. The third-order valence-corrected chi connectivity index (χ3v) is 10.4. The quantitative estimate of drug-likeness (QED) is 0.115. The second-order valence-corrected chi connectivity index (χ2v) is 15.8. The Hall–Kier alpha value is -4.86. The maximum atomic E-state index is 15.0. The number of hydrogen-bond acceptors (Lipinski definition) is 8. The summed E-state index contributed by atoms with van der Waals surface area (Å²) >= 11 is 6.45. The number of hydrogen-bond donors (Lipinski definition) is 1. The smallest absolute Gasteiger partial charge is 0.395 e. The molecule has 3 heterocycles. The summed E-state index contributed by atoms with van der Waals surface area (Å²) in [6.07, 6.45) is -3.72. The van der Waals surface area contributed by atoms with Crippen molar-refractivity contribution in [1.82, 2.24) is 29.4 Å². The number of nitrogens with zero attached hydrogens (tertiary/aromatic N) is 7. The van der Waals surface area contributed by atoms with E-state index in [4.69, 9.17) is 32.2 Å². The van der Waals surface area contributed by atoms with Crippen LogP contribution in [0.4, 0.5) is 22.0 Å². The molecule has 0 saturated heterocycles. The minimum Gasteiger partial charge on any atom is -0.463 e. The lowest BCUT2D eigenvalue weighted by Gasteiger charge is -2.35. The van der Waals surface area contributed by atoms with Gasteiger partial charge in [-0.3, -0.25) is 19.2 Å². The zero-order chi connectivity index (χ0) is 38.8. The lowest BCUT2D eigenvalue weighted by Crippen LogP contribution is -2.47. The fourth-order valence-corrected chi connectivity index (χ4v) is 7.24. The summed E-state index contributed by atoms with van der Waals surface area (Å²) in [6.45, 7) is 5.18. The zero-order valence-electron chi connectivity index (χ0n) is 29.7. The van der Waals surface area contributed by atoms with Crippen LogP contribution in [0.3, 0.4) is 0 Å². The highest BCUT2D eigenvalue weighted by atomic mass is 35.5. The molecule has 2 aromatic carbocycles. The molecule has 2 fully saturated rings. The van der Waals surface area contributed by atoms with Gasteiger partial charge in [0.05, 0.1) is 40.3 Å². The van der Waals surface area contributed by atoms with Gasteiger partial charge in [0.25, 0.3) is 12.3 Å². The van der Waals surface area contributed by atoms with E-state index in [9.17, 15) is 31.5 Å².